The smallest absolute Gasteiger partial charge is 0.252 e. The van der Waals surface area contributed by atoms with Gasteiger partial charge >= 0.3 is 0 Å². The molecule has 0 unspecified atom stereocenters. The van der Waals surface area contributed by atoms with E-state index in [0.717, 1.165) is 10.6 Å². The van der Waals surface area contributed by atoms with E-state index in [0.29, 0.717) is 53.6 Å². The van der Waals surface area contributed by atoms with E-state index in [2.05, 4.69) is 20.8 Å². The minimum atomic E-state index is -0.348. The van der Waals surface area contributed by atoms with Gasteiger partial charge in [0.15, 0.2) is 12.6 Å². The maximum atomic E-state index is 14.0. The number of tetrazole rings is 1. The highest BCUT2D eigenvalue weighted by atomic mass is 32.2. The van der Waals surface area contributed by atoms with Gasteiger partial charge in [0.05, 0.1) is 23.6 Å². The van der Waals surface area contributed by atoms with Gasteiger partial charge in [0.25, 0.3) is 5.91 Å². The van der Waals surface area contributed by atoms with Crippen LogP contribution < -0.4 is 10.1 Å². The molecule has 178 valence electrons. The summed E-state index contributed by atoms with van der Waals surface area (Å²) in [6.07, 6.45) is 0.437. The molecule has 0 aliphatic carbocycles. The molecule has 35 heavy (non-hydrogen) atoms. The molecule has 1 amide bonds. The first kappa shape index (κ1) is 23.0. The highest BCUT2D eigenvalue weighted by Crippen LogP contribution is 2.30. The minimum absolute atomic E-state index is 0.135. The van der Waals surface area contributed by atoms with Crippen LogP contribution in [0, 0.1) is 5.82 Å². The number of hydrogen-bond donors (Lipinski definition) is 1. The van der Waals surface area contributed by atoms with Gasteiger partial charge in [0.2, 0.25) is 0 Å². The average molecular weight is 492 g/mol. The lowest BCUT2D eigenvalue weighted by Gasteiger charge is -2.21. The van der Waals surface area contributed by atoms with Crippen LogP contribution in [0.25, 0.3) is 5.69 Å². The van der Waals surface area contributed by atoms with Gasteiger partial charge in [0.1, 0.15) is 11.6 Å². The van der Waals surface area contributed by atoms with E-state index in [4.69, 9.17) is 9.47 Å². The zero-order valence-corrected chi connectivity index (χ0v) is 19.5. The highest BCUT2D eigenvalue weighted by molar-refractivity contribution is 7.98. The van der Waals surface area contributed by atoms with Gasteiger partial charge in [-0.1, -0.05) is 30.3 Å². The van der Waals surface area contributed by atoms with Crippen molar-refractivity contribution >= 4 is 17.7 Å². The lowest BCUT2D eigenvalue weighted by atomic mass is 10.1. The molecule has 0 radical (unpaired) electrons. The molecule has 3 aromatic carbocycles. The molecule has 1 aliphatic heterocycles. The van der Waals surface area contributed by atoms with Crippen molar-refractivity contribution in [2.45, 2.75) is 23.7 Å². The first-order chi connectivity index (χ1) is 17.2. The second-order valence-corrected chi connectivity index (χ2v) is 8.81. The normalized spacial score (nSPS) is 12.6. The molecule has 2 heterocycles. The molecule has 1 aliphatic rings. The van der Waals surface area contributed by atoms with Crippen LogP contribution in [0.3, 0.4) is 0 Å². The number of para-hydroxylation sites is 1. The Balaban J connectivity index is 1.24. The molecule has 8 nitrogen and oxygen atoms in total. The largest absolute Gasteiger partial charge is 0.467 e. The molecule has 0 fully saturated rings. The Morgan fingerprint density at radius 1 is 1.11 bits per heavy atom. The maximum absolute atomic E-state index is 14.0. The number of carbonyl (C=O) groups is 1. The first-order valence-electron chi connectivity index (χ1n) is 11.0. The van der Waals surface area contributed by atoms with Crippen molar-refractivity contribution in [3.05, 3.63) is 95.1 Å². The number of nitrogens with one attached hydrogen (secondary N) is 1. The van der Waals surface area contributed by atoms with Crippen molar-refractivity contribution in [2.75, 3.05) is 13.3 Å². The van der Waals surface area contributed by atoms with Crippen LogP contribution in [0.4, 0.5) is 4.39 Å². The van der Waals surface area contributed by atoms with Crippen LogP contribution in [-0.2, 0) is 23.5 Å². The molecule has 1 aromatic heterocycles. The van der Waals surface area contributed by atoms with Crippen molar-refractivity contribution in [3.63, 3.8) is 0 Å². The van der Waals surface area contributed by atoms with E-state index in [1.807, 2.05) is 48.5 Å². The summed E-state index contributed by atoms with van der Waals surface area (Å²) >= 11 is 1.48. The molecular formula is C25H22FN5O3S. The van der Waals surface area contributed by atoms with Crippen LogP contribution in [0.5, 0.6) is 5.75 Å². The van der Waals surface area contributed by atoms with Crippen molar-refractivity contribution in [1.29, 1.82) is 0 Å². The standard InChI is InChI=1S/C25H22FN5O3S/c26-19-12-17(24-18(13-19)14-33-16-34-24)10-11-27-25(32)21-8-4-5-9-22(21)35-15-23-28-29-30-31(23)20-6-2-1-3-7-20/h1-9,12-13H,10-11,14-16H2,(H,27,32). The van der Waals surface area contributed by atoms with Gasteiger partial charge in [0, 0.05) is 17.0 Å². The second kappa shape index (κ2) is 10.7. The number of nitrogens with zero attached hydrogens (tertiary/aromatic N) is 4. The molecule has 0 saturated heterocycles. The van der Waals surface area contributed by atoms with Crippen LogP contribution in [0.2, 0.25) is 0 Å². The summed E-state index contributed by atoms with van der Waals surface area (Å²) in [5, 5.41) is 15.0. The molecule has 4 aromatic rings. The molecule has 0 bridgehead atoms. The highest BCUT2D eigenvalue weighted by Gasteiger charge is 2.18. The fourth-order valence-electron chi connectivity index (χ4n) is 3.84. The van der Waals surface area contributed by atoms with E-state index in [9.17, 15) is 9.18 Å². The molecular weight excluding hydrogens is 469 g/mol. The quantitative estimate of drug-likeness (QED) is 0.374. The predicted octanol–water partition coefficient (Wildman–Crippen LogP) is 3.93. The number of thioether (sulfide) groups is 1. The Labute approximate surface area is 205 Å². The fraction of sp³-hybridized carbons (Fsp3) is 0.200. The molecule has 5 rings (SSSR count). The summed E-state index contributed by atoms with van der Waals surface area (Å²) in [4.78, 5) is 13.8. The Kier molecular flexibility index (Phi) is 7.01. The number of ether oxygens (including phenoxy) is 2. The number of amides is 1. The van der Waals surface area contributed by atoms with Crippen LogP contribution in [-0.4, -0.2) is 39.5 Å². The summed E-state index contributed by atoms with van der Waals surface area (Å²) in [5.41, 5.74) is 2.81. The molecule has 1 N–H and O–H groups in total. The molecule has 0 atom stereocenters. The van der Waals surface area contributed by atoms with Gasteiger partial charge in [-0.25, -0.2) is 4.39 Å². The Morgan fingerprint density at radius 3 is 2.83 bits per heavy atom. The number of carbonyl (C=O) groups excluding carboxylic acids is 1. The summed E-state index contributed by atoms with van der Waals surface area (Å²) in [6.45, 7) is 0.783. The number of halogens is 1. The zero-order valence-electron chi connectivity index (χ0n) is 18.7. The Hall–Kier alpha value is -3.76. The maximum Gasteiger partial charge on any atom is 0.252 e. The second-order valence-electron chi connectivity index (χ2n) is 7.80. The van der Waals surface area contributed by atoms with E-state index >= 15 is 0 Å². The van der Waals surface area contributed by atoms with E-state index in [1.165, 1.54) is 23.9 Å². The van der Waals surface area contributed by atoms with E-state index in [-0.39, 0.29) is 18.5 Å². The van der Waals surface area contributed by atoms with Crippen LogP contribution in [0.1, 0.15) is 27.3 Å². The van der Waals surface area contributed by atoms with Crippen LogP contribution in [0.15, 0.2) is 71.6 Å². The van der Waals surface area contributed by atoms with Gasteiger partial charge in [-0.05, 0) is 58.8 Å². The fourth-order valence-corrected chi connectivity index (χ4v) is 4.79. The van der Waals surface area contributed by atoms with Crippen molar-refractivity contribution in [1.82, 2.24) is 25.5 Å². The number of hydrogen-bond acceptors (Lipinski definition) is 7. The van der Waals surface area contributed by atoms with Crippen molar-refractivity contribution < 1.29 is 18.7 Å². The Morgan fingerprint density at radius 2 is 1.94 bits per heavy atom. The Bertz CT molecular complexity index is 1330. The van der Waals surface area contributed by atoms with Crippen molar-refractivity contribution in [2.24, 2.45) is 0 Å². The number of rotatable bonds is 8. The minimum Gasteiger partial charge on any atom is -0.467 e. The lowest BCUT2D eigenvalue weighted by molar-refractivity contribution is -0.0172. The third kappa shape index (κ3) is 5.33. The lowest BCUT2D eigenvalue weighted by Crippen LogP contribution is -2.26. The number of aromatic nitrogens is 4. The number of benzene rings is 3. The summed E-state index contributed by atoms with van der Waals surface area (Å²) in [5.74, 6) is 1.25. The topological polar surface area (TPSA) is 91.2 Å². The summed E-state index contributed by atoms with van der Waals surface area (Å²) in [6, 6.07) is 19.9. The van der Waals surface area contributed by atoms with Crippen LogP contribution >= 0.6 is 11.8 Å². The third-order valence-electron chi connectivity index (χ3n) is 5.45. The average Bonchev–Trinajstić information content (AvgIpc) is 3.36. The first-order valence-corrected chi connectivity index (χ1v) is 12.0. The molecule has 0 spiro atoms. The summed E-state index contributed by atoms with van der Waals surface area (Å²) in [7, 11) is 0. The van der Waals surface area contributed by atoms with E-state index < -0.39 is 0 Å². The predicted molar refractivity (Wildman–Crippen MR) is 128 cm³/mol. The van der Waals surface area contributed by atoms with Gasteiger partial charge in [-0.3, -0.25) is 4.79 Å². The molecule has 10 heteroatoms. The van der Waals surface area contributed by atoms with Gasteiger partial charge < -0.3 is 14.8 Å². The number of fused-ring (bicyclic) bond motifs is 1. The molecule has 0 saturated carbocycles. The third-order valence-corrected chi connectivity index (χ3v) is 6.52. The monoisotopic (exact) mass is 491 g/mol. The van der Waals surface area contributed by atoms with Gasteiger partial charge in [-0.15, -0.1) is 16.9 Å². The van der Waals surface area contributed by atoms with Gasteiger partial charge in [-0.2, -0.15) is 4.68 Å². The summed E-state index contributed by atoms with van der Waals surface area (Å²) < 4.78 is 26.4. The SMILES string of the molecule is O=C(NCCc1cc(F)cc2c1OCOC2)c1ccccc1SCc1nnnn1-c1ccccc1. The zero-order chi connectivity index (χ0) is 24.0. The van der Waals surface area contributed by atoms with Crippen molar-refractivity contribution in [3.8, 4) is 11.4 Å². The van der Waals surface area contributed by atoms with E-state index in [1.54, 1.807) is 10.7 Å².